The van der Waals surface area contributed by atoms with Crippen molar-refractivity contribution in [2.45, 2.75) is 20.4 Å². The van der Waals surface area contributed by atoms with Crippen LogP contribution in [0.15, 0.2) is 15.4 Å². The minimum absolute atomic E-state index is 0.0570. The van der Waals surface area contributed by atoms with Crippen LogP contribution in [0.5, 0.6) is 0 Å². The smallest absolute Gasteiger partial charge is 0.264 e. The second-order valence-electron chi connectivity index (χ2n) is 4.09. The summed E-state index contributed by atoms with van der Waals surface area (Å²) in [4.78, 5) is 20.1. The van der Waals surface area contributed by atoms with Gasteiger partial charge < -0.3 is 4.90 Å². The quantitative estimate of drug-likeness (QED) is 0.846. The summed E-state index contributed by atoms with van der Waals surface area (Å²) in [5.74, 6) is 0.0570. The number of rotatable bonds is 3. The number of nitrogens with zero attached hydrogens (tertiary/aromatic N) is 2. The number of thiazole rings is 1. The lowest BCUT2D eigenvalue weighted by Gasteiger charge is -2.15. The Hall–Kier alpha value is -0.720. The Labute approximate surface area is 123 Å². The molecule has 6 heteroatoms. The van der Waals surface area contributed by atoms with Gasteiger partial charge in [0, 0.05) is 11.9 Å². The van der Waals surface area contributed by atoms with E-state index in [-0.39, 0.29) is 5.91 Å². The van der Waals surface area contributed by atoms with E-state index in [1.54, 1.807) is 16.2 Å². The van der Waals surface area contributed by atoms with Gasteiger partial charge in [-0.3, -0.25) is 4.79 Å². The summed E-state index contributed by atoms with van der Waals surface area (Å²) in [7, 11) is 1.82. The van der Waals surface area contributed by atoms with Crippen LogP contribution in [0.2, 0.25) is 0 Å². The van der Waals surface area contributed by atoms with Crippen molar-refractivity contribution in [3.05, 3.63) is 36.4 Å². The normalized spacial score (nSPS) is 10.7. The molecule has 0 aliphatic carbocycles. The highest BCUT2D eigenvalue weighted by atomic mass is 79.9. The Kier molecular flexibility index (Phi) is 4.19. The fourth-order valence-electron chi connectivity index (χ4n) is 1.52. The number of carbonyl (C=O) groups is 1. The molecule has 0 saturated carbocycles. The molecule has 0 aliphatic heterocycles. The fourth-order valence-corrected chi connectivity index (χ4v) is 3.88. The molecule has 2 rings (SSSR count). The first-order chi connectivity index (χ1) is 8.49. The molecule has 0 saturated heterocycles. The number of aryl methyl sites for hydroxylation is 2. The van der Waals surface area contributed by atoms with E-state index in [4.69, 9.17) is 0 Å². The van der Waals surface area contributed by atoms with Crippen LogP contribution >= 0.6 is 38.6 Å². The van der Waals surface area contributed by atoms with Crippen molar-refractivity contribution < 1.29 is 4.79 Å². The topological polar surface area (TPSA) is 33.2 Å². The fraction of sp³-hybridized carbons (Fsp3) is 0.333. The van der Waals surface area contributed by atoms with Crippen molar-refractivity contribution in [1.29, 1.82) is 0 Å². The standard InChI is InChI=1S/C12H13BrN2OS2/c1-7-4-9(18-11(7)13)12(16)15(3)5-10-8(2)14-6-17-10/h4,6H,5H2,1-3H3. The molecule has 2 heterocycles. The van der Waals surface area contributed by atoms with Crippen LogP contribution in [-0.2, 0) is 6.54 Å². The zero-order chi connectivity index (χ0) is 13.3. The minimum atomic E-state index is 0.0570. The summed E-state index contributed by atoms with van der Waals surface area (Å²) in [6, 6.07) is 1.92. The molecule has 96 valence electrons. The SMILES string of the molecule is Cc1cc(C(=O)N(C)Cc2scnc2C)sc1Br. The molecule has 0 N–H and O–H groups in total. The average molecular weight is 345 g/mol. The number of hydrogen-bond acceptors (Lipinski definition) is 4. The highest BCUT2D eigenvalue weighted by Gasteiger charge is 2.17. The molecule has 0 fully saturated rings. The predicted octanol–water partition coefficient (Wildman–Crippen LogP) is 3.86. The van der Waals surface area contributed by atoms with Crippen molar-refractivity contribution in [2.75, 3.05) is 7.05 Å². The highest BCUT2D eigenvalue weighted by molar-refractivity contribution is 9.11. The van der Waals surface area contributed by atoms with Crippen LogP contribution < -0.4 is 0 Å². The molecule has 0 spiro atoms. The predicted molar refractivity (Wildman–Crippen MR) is 79.4 cm³/mol. The number of carbonyl (C=O) groups excluding carboxylic acids is 1. The first kappa shape index (κ1) is 13.7. The Balaban J connectivity index is 2.12. The molecule has 2 aromatic heterocycles. The molecule has 0 bridgehead atoms. The van der Waals surface area contributed by atoms with Crippen molar-refractivity contribution >= 4 is 44.5 Å². The Morgan fingerprint density at radius 1 is 1.50 bits per heavy atom. The van der Waals surface area contributed by atoms with Gasteiger partial charge in [0.1, 0.15) is 0 Å². The van der Waals surface area contributed by atoms with Crippen LogP contribution in [0.3, 0.4) is 0 Å². The minimum Gasteiger partial charge on any atom is -0.336 e. The lowest BCUT2D eigenvalue weighted by Crippen LogP contribution is -2.25. The zero-order valence-electron chi connectivity index (χ0n) is 10.4. The van der Waals surface area contributed by atoms with E-state index < -0.39 is 0 Å². The summed E-state index contributed by atoms with van der Waals surface area (Å²) >= 11 is 6.51. The van der Waals surface area contributed by atoms with Crippen LogP contribution in [0.4, 0.5) is 0 Å². The van der Waals surface area contributed by atoms with Crippen molar-refractivity contribution in [3.8, 4) is 0 Å². The number of hydrogen-bond donors (Lipinski definition) is 0. The van der Waals surface area contributed by atoms with Crippen LogP contribution in [0.1, 0.15) is 25.8 Å². The van der Waals surface area contributed by atoms with E-state index in [1.807, 2.05) is 32.5 Å². The molecule has 18 heavy (non-hydrogen) atoms. The Bertz CT molecular complexity index is 557. The van der Waals surface area contributed by atoms with E-state index in [9.17, 15) is 4.79 Å². The van der Waals surface area contributed by atoms with Gasteiger partial charge in [-0.1, -0.05) is 0 Å². The van der Waals surface area contributed by atoms with Crippen LogP contribution in [-0.4, -0.2) is 22.8 Å². The van der Waals surface area contributed by atoms with E-state index in [2.05, 4.69) is 20.9 Å². The Morgan fingerprint density at radius 2 is 2.22 bits per heavy atom. The van der Waals surface area contributed by atoms with Gasteiger partial charge in [-0.05, 0) is 41.4 Å². The van der Waals surface area contributed by atoms with Gasteiger partial charge >= 0.3 is 0 Å². The van der Waals surface area contributed by atoms with E-state index >= 15 is 0 Å². The third-order valence-electron chi connectivity index (χ3n) is 2.64. The van der Waals surface area contributed by atoms with E-state index in [0.29, 0.717) is 6.54 Å². The summed E-state index contributed by atoms with van der Waals surface area (Å²) in [5.41, 5.74) is 3.92. The number of amides is 1. The third-order valence-corrected chi connectivity index (χ3v) is 5.68. The molecule has 0 atom stereocenters. The largest absolute Gasteiger partial charge is 0.336 e. The van der Waals surface area contributed by atoms with Gasteiger partial charge in [0.2, 0.25) is 0 Å². The molecule has 2 aromatic rings. The summed E-state index contributed by atoms with van der Waals surface area (Å²) in [5, 5.41) is 0. The maximum absolute atomic E-state index is 12.2. The molecule has 3 nitrogen and oxygen atoms in total. The van der Waals surface area contributed by atoms with Gasteiger partial charge in [0.25, 0.3) is 5.91 Å². The van der Waals surface area contributed by atoms with Crippen LogP contribution in [0, 0.1) is 13.8 Å². The lowest BCUT2D eigenvalue weighted by atomic mass is 10.3. The average Bonchev–Trinajstić information content (AvgIpc) is 2.86. The van der Waals surface area contributed by atoms with Crippen molar-refractivity contribution in [3.63, 3.8) is 0 Å². The molecule has 0 aliphatic rings. The second-order valence-corrected chi connectivity index (χ2v) is 7.40. The van der Waals surface area contributed by atoms with Gasteiger partial charge in [-0.2, -0.15) is 0 Å². The summed E-state index contributed by atoms with van der Waals surface area (Å²) in [6.07, 6.45) is 0. The highest BCUT2D eigenvalue weighted by Crippen LogP contribution is 2.28. The summed E-state index contributed by atoms with van der Waals surface area (Å²) in [6.45, 7) is 4.57. The van der Waals surface area contributed by atoms with Crippen LogP contribution in [0.25, 0.3) is 0 Å². The van der Waals surface area contributed by atoms with Crippen molar-refractivity contribution in [2.24, 2.45) is 0 Å². The number of halogens is 1. The first-order valence-electron chi connectivity index (χ1n) is 5.39. The number of aromatic nitrogens is 1. The Morgan fingerprint density at radius 3 is 2.72 bits per heavy atom. The second kappa shape index (κ2) is 5.50. The van der Waals surface area contributed by atoms with E-state index in [1.165, 1.54) is 11.3 Å². The molecular formula is C12H13BrN2OS2. The maximum Gasteiger partial charge on any atom is 0.264 e. The molecule has 0 radical (unpaired) electrons. The van der Waals surface area contributed by atoms with Gasteiger partial charge in [-0.15, -0.1) is 22.7 Å². The molecule has 0 unspecified atom stereocenters. The monoisotopic (exact) mass is 344 g/mol. The summed E-state index contributed by atoms with van der Waals surface area (Å²) < 4.78 is 1.02. The molecular weight excluding hydrogens is 332 g/mol. The van der Waals surface area contributed by atoms with Gasteiger partial charge in [-0.25, -0.2) is 4.98 Å². The maximum atomic E-state index is 12.2. The van der Waals surface area contributed by atoms with Gasteiger partial charge in [0.15, 0.2) is 0 Å². The first-order valence-corrected chi connectivity index (χ1v) is 7.88. The zero-order valence-corrected chi connectivity index (χ0v) is 13.6. The lowest BCUT2D eigenvalue weighted by molar-refractivity contribution is 0.0791. The third kappa shape index (κ3) is 2.81. The van der Waals surface area contributed by atoms with Gasteiger partial charge in [0.05, 0.1) is 26.4 Å². The number of thiophene rings is 1. The van der Waals surface area contributed by atoms with Crippen molar-refractivity contribution in [1.82, 2.24) is 9.88 Å². The molecule has 0 aromatic carbocycles. The van der Waals surface area contributed by atoms with E-state index in [0.717, 1.165) is 24.8 Å². The molecule has 1 amide bonds.